The molecule has 0 bridgehead atoms. The van der Waals surface area contributed by atoms with Crippen LogP contribution in [0.15, 0.2) is 0 Å². The predicted molar refractivity (Wildman–Crippen MR) is 75.9 cm³/mol. The third-order valence-electron chi connectivity index (χ3n) is 3.51. The second-order valence-corrected chi connectivity index (χ2v) is 5.30. The van der Waals surface area contributed by atoms with Crippen molar-refractivity contribution < 1.29 is 9.47 Å². The molecule has 0 amide bonds. The van der Waals surface area contributed by atoms with Crippen LogP contribution in [0.4, 0.5) is 0 Å². The number of nitrogens with zero attached hydrogens (tertiary/aromatic N) is 1. The summed E-state index contributed by atoms with van der Waals surface area (Å²) in [4.78, 5) is 0. The molecule has 1 N–H and O–H groups in total. The largest absolute Gasteiger partial charge is 0.379 e. The van der Waals surface area contributed by atoms with E-state index >= 15 is 0 Å². The van der Waals surface area contributed by atoms with E-state index in [1.54, 1.807) is 0 Å². The van der Waals surface area contributed by atoms with Gasteiger partial charge in [0.1, 0.15) is 5.54 Å². The van der Waals surface area contributed by atoms with Crippen molar-refractivity contribution in [3.8, 4) is 6.07 Å². The SMILES string of the molecule is CCCCOCCOCC(C#N)(NCCC)C1CC1. The Morgan fingerprint density at radius 2 is 1.89 bits per heavy atom. The smallest absolute Gasteiger partial charge is 0.133 e. The van der Waals surface area contributed by atoms with Gasteiger partial charge in [-0.15, -0.1) is 0 Å². The van der Waals surface area contributed by atoms with E-state index in [4.69, 9.17) is 9.47 Å². The zero-order valence-corrected chi connectivity index (χ0v) is 12.4. The first-order valence-electron chi connectivity index (χ1n) is 7.60. The van der Waals surface area contributed by atoms with Crippen molar-refractivity contribution in [3.05, 3.63) is 0 Å². The summed E-state index contributed by atoms with van der Waals surface area (Å²) < 4.78 is 11.1. The maximum Gasteiger partial charge on any atom is 0.133 e. The topological polar surface area (TPSA) is 54.3 Å². The average Bonchev–Trinajstić information content (AvgIpc) is 3.26. The molecule has 0 heterocycles. The molecule has 1 aliphatic carbocycles. The highest BCUT2D eigenvalue weighted by atomic mass is 16.5. The summed E-state index contributed by atoms with van der Waals surface area (Å²) in [5, 5.41) is 12.8. The van der Waals surface area contributed by atoms with Crippen molar-refractivity contribution in [3.63, 3.8) is 0 Å². The van der Waals surface area contributed by atoms with Crippen LogP contribution >= 0.6 is 0 Å². The summed E-state index contributed by atoms with van der Waals surface area (Å²) in [6, 6.07) is 2.45. The van der Waals surface area contributed by atoms with E-state index in [2.05, 4.69) is 25.2 Å². The zero-order valence-electron chi connectivity index (χ0n) is 12.4. The minimum absolute atomic E-state index is 0.463. The van der Waals surface area contributed by atoms with E-state index in [9.17, 15) is 5.26 Å². The standard InChI is InChI=1S/C15H28N2O2/c1-3-5-9-18-10-11-19-13-15(12-16,14-6-7-14)17-8-4-2/h14,17H,3-11,13H2,1-2H3. The van der Waals surface area contributed by atoms with E-state index in [1.807, 2.05) is 0 Å². The number of nitriles is 1. The highest BCUT2D eigenvalue weighted by Crippen LogP contribution is 2.39. The fourth-order valence-corrected chi connectivity index (χ4v) is 2.10. The molecule has 0 radical (unpaired) electrons. The van der Waals surface area contributed by atoms with Gasteiger partial charge in [-0.25, -0.2) is 0 Å². The van der Waals surface area contributed by atoms with E-state index in [-0.39, 0.29) is 0 Å². The van der Waals surface area contributed by atoms with Crippen LogP contribution in [0, 0.1) is 17.2 Å². The van der Waals surface area contributed by atoms with Crippen molar-refractivity contribution >= 4 is 0 Å². The summed E-state index contributed by atoms with van der Waals surface area (Å²) in [7, 11) is 0. The van der Waals surface area contributed by atoms with Crippen LogP contribution in [0.5, 0.6) is 0 Å². The van der Waals surface area contributed by atoms with Crippen LogP contribution in [0.25, 0.3) is 0 Å². The summed E-state index contributed by atoms with van der Waals surface area (Å²) >= 11 is 0. The van der Waals surface area contributed by atoms with Gasteiger partial charge in [0.05, 0.1) is 25.9 Å². The second kappa shape index (κ2) is 9.30. The maximum absolute atomic E-state index is 9.46. The first kappa shape index (κ1) is 16.4. The van der Waals surface area contributed by atoms with Crippen LogP contribution in [-0.4, -0.2) is 38.5 Å². The predicted octanol–water partition coefficient (Wildman–Crippen LogP) is 2.49. The van der Waals surface area contributed by atoms with Gasteiger partial charge in [-0.3, -0.25) is 5.32 Å². The molecular formula is C15H28N2O2. The lowest BCUT2D eigenvalue weighted by molar-refractivity contribution is 0.0249. The van der Waals surface area contributed by atoms with Gasteiger partial charge in [-0.2, -0.15) is 5.26 Å². The van der Waals surface area contributed by atoms with Crippen LogP contribution < -0.4 is 5.32 Å². The van der Waals surface area contributed by atoms with Crippen LogP contribution in [0.2, 0.25) is 0 Å². The van der Waals surface area contributed by atoms with Gasteiger partial charge in [-0.05, 0) is 38.1 Å². The molecule has 1 saturated carbocycles. The number of hydrogen-bond acceptors (Lipinski definition) is 4. The van der Waals surface area contributed by atoms with Gasteiger partial charge in [0.2, 0.25) is 0 Å². The third-order valence-corrected chi connectivity index (χ3v) is 3.51. The quantitative estimate of drug-likeness (QED) is 0.553. The number of nitrogens with one attached hydrogen (secondary N) is 1. The Kier molecular flexibility index (Phi) is 8.04. The Bertz CT molecular complexity index is 274. The molecule has 1 rings (SSSR count). The Hall–Kier alpha value is -0.630. The number of hydrogen-bond donors (Lipinski definition) is 1. The molecule has 0 spiro atoms. The molecule has 4 nitrogen and oxygen atoms in total. The maximum atomic E-state index is 9.46. The minimum Gasteiger partial charge on any atom is -0.379 e. The normalized spacial score (nSPS) is 17.9. The lowest BCUT2D eigenvalue weighted by atomic mass is 9.96. The Labute approximate surface area is 117 Å². The van der Waals surface area contributed by atoms with Gasteiger partial charge >= 0.3 is 0 Å². The second-order valence-electron chi connectivity index (χ2n) is 5.30. The Balaban J connectivity index is 2.20. The van der Waals surface area contributed by atoms with Gasteiger partial charge in [0, 0.05) is 6.61 Å². The average molecular weight is 268 g/mol. The van der Waals surface area contributed by atoms with Crippen molar-refractivity contribution in [2.24, 2.45) is 5.92 Å². The van der Waals surface area contributed by atoms with E-state index in [1.165, 1.54) is 0 Å². The van der Waals surface area contributed by atoms with Gasteiger partial charge in [-0.1, -0.05) is 20.3 Å². The van der Waals surface area contributed by atoms with Gasteiger partial charge in [0.15, 0.2) is 0 Å². The van der Waals surface area contributed by atoms with Crippen LogP contribution in [0.1, 0.15) is 46.0 Å². The fraction of sp³-hybridized carbons (Fsp3) is 0.933. The summed E-state index contributed by atoms with van der Waals surface area (Å²) in [5.41, 5.74) is -0.473. The van der Waals surface area contributed by atoms with Crippen molar-refractivity contribution in [1.29, 1.82) is 5.26 Å². The van der Waals surface area contributed by atoms with Crippen molar-refractivity contribution in [1.82, 2.24) is 5.32 Å². The molecule has 4 heteroatoms. The van der Waals surface area contributed by atoms with Gasteiger partial charge in [0.25, 0.3) is 0 Å². The van der Waals surface area contributed by atoms with E-state index < -0.39 is 5.54 Å². The molecule has 1 fully saturated rings. The van der Waals surface area contributed by atoms with Gasteiger partial charge < -0.3 is 9.47 Å². The fourth-order valence-electron chi connectivity index (χ4n) is 2.10. The summed E-state index contributed by atoms with van der Waals surface area (Å²) in [5.74, 6) is 0.463. The molecule has 0 aromatic rings. The van der Waals surface area contributed by atoms with E-state index in [0.717, 1.165) is 45.3 Å². The summed E-state index contributed by atoms with van der Waals surface area (Å²) in [6.45, 7) is 7.62. The first-order chi connectivity index (χ1) is 9.29. The first-order valence-corrected chi connectivity index (χ1v) is 7.60. The molecule has 0 saturated heterocycles. The zero-order chi connectivity index (χ0) is 14.0. The van der Waals surface area contributed by atoms with Crippen molar-refractivity contribution in [2.45, 2.75) is 51.5 Å². The van der Waals surface area contributed by atoms with Crippen LogP contribution in [0.3, 0.4) is 0 Å². The molecule has 1 atom stereocenters. The molecule has 1 unspecified atom stereocenters. The minimum atomic E-state index is -0.473. The molecule has 0 aromatic carbocycles. The summed E-state index contributed by atoms with van der Waals surface area (Å²) in [6.07, 6.45) is 5.57. The highest BCUT2D eigenvalue weighted by molar-refractivity contribution is 5.15. The molecule has 110 valence electrons. The Morgan fingerprint density at radius 3 is 2.47 bits per heavy atom. The molecule has 0 aliphatic heterocycles. The van der Waals surface area contributed by atoms with E-state index in [0.29, 0.717) is 25.7 Å². The van der Waals surface area contributed by atoms with Crippen molar-refractivity contribution in [2.75, 3.05) is 33.0 Å². The number of ether oxygens (including phenoxy) is 2. The molecule has 1 aliphatic rings. The monoisotopic (exact) mass is 268 g/mol. The number of unbranched alkanes of at least 4 members (excludes halogenated alkanes) is 1. The highest BCUT2D eigenvalue weighted by Gasteiger charge is 2.45. The number of rotatable bonds is 12. The molecule has 19 heavy (non-hydrogen) atoms. The molecular weight excluding hydrogens is 240 g/mol. The molecule has 0 aromatic heterocycles. The van der Waals surface area contributed by atoms with Crippen LogP contribution in [-0.2, 0) is 9.47 Å². The lowest BCUT2D eigenvalue weighted by Gasteiger charge is -2.27. The third kappa shape index (κ3) is 5.90. The lowest BCUT2D eigenvalue weighted by Crippen LogP contribution is -2.50. The Morgan fingerprint density at radius 1 is 1.16 bits per heavy atom.